The maximum atomic E-state index is 4.27. The second kappa shape index (κ2) is 7.47. The fourth-order valence-electron chi connectivity index (χ4n) is 2.48. The summed E-state index contributed by atoms with van der Waals surface area (Å²) in [6, 6.07) is 2.60. The van der Waals surface area contributed by atoms with Gasteiger partial charge in [-0.05, 0) is 44.4 Å². The highest BCUT2D eigenvalue weighted by Crippen LogP contribution is 2.28. The number of nitrogens with one attached hydrogen (secondary N) is 1. The van der Waals surface area contributed by atoms with Gasteiger partial charge in [0.25, 0.3) is 0 Å². The van der Waals surface area contributed by atoms with E-state index in [0.29, 0.717) is 12.0 Å². The molecule has 1 atom stereocenters. The molecule has 0 bridgehead atoms. The van der Waals surface area contributed by atoms with Crippen LogP contribution in [0.1, 0.15) is 63.0 Å². The summed E-state index contributed by atoms with van der Waals surface area (Å²) in [5, 5.41) is 12.1. The minimum Gasteiger partial charge on any atom is -0.310 e. The van der Waals surface area contributed by atoms with E-state index in [0.717, 1.165) is 24.4 Å². The summed E-state index contributed by atoms with van der Waals surface area (Å²) < 4.78 is 0. The average molecular weight is 249 g/mol. The minimum absolute atomic E-state index is 0.411. The van der Waals surface area contributed by atoms with Crippen molar-refractivity contribution in [1.82, 2.24) is 15.5 Å². The highest BCUT2D eigenvalue weighted by molar-refractivity contribution is 5.24. The summed E-state index contributed by atoms with van der Waals surface area (Å²) in [7, 11) is 0. The van der Waals surface area contributed by atoms with Gasteiger partial charge in [-0.2, -0.15) is 10.2 Å². The van der Waals surface area contributed by atoms with Gasteiger partial charge in [-0.1, -0.05) is 33.6 Å². The van der Waals surface area contributed by atoms with Gasteiger partial charge in [0.2, 0.25) is 0 Å². The van der Waals surface area contributed by atoms with Crippen LogP contribution < -0.4 is 5.32 Å². The first-order chi connectivity index (χ1) is 8.63. The first kappa shape index (κ1) is 15.1. The number of rotatable bonds is 7. The topological polar surface area (TPSA) is 37.8 Å². The monoisotopic (exact) mass is 249 g/mol. The molecule has 1 N–H and O–H groups in total. The van der Waals surface area contributed by atoms with Gasteiger partial charge < -0.3 is 5.32 Å². The van der Waals surface area contributed by atoms with Crippen LogP contribution in [0.25, 0.3) is 0 Å². The predicted molar refractivity (Wildman–Crippen MR) is 76.6 cm³/mol. The normalized spacial score (nSPS) is 13.0. The van der Waals surface area contributed by atoms with Gasteiger partial charge in [0, 0.05) is 6.04 Å². The molecule has 1 aromatic heterocycles. The molecular formula is C15H27N3. The largest absolute Gasteiger partial charge is 0.310 e. The molecule has 0 aliphatic heterocycles. The van der Waals surface area contributed by atoms with Crippen LogP contribution in [0, 0.1) is 19.8 Å². The maximum absolute atomic E-state index is 4.27. The quantitative estimate of drug-likeness (QED) is 0.802. The van der Waals surface area contributed by atoms with Gasteiger partial charge in [-0.25, -0.2) is 0 Å². The standard InChI is InChI=1S/C15H27N3/c1-6-9-16-15(13(7-2)8-3)14-10-11(4)17-18-12(14)5/h10,13,15-16H,6-9H2,1-5H3. The van der Waals surface area contributed by atoms with E-state index >= 15 is 0 Å². The van der Waals surface area contributed by atoms with Crippen LogP contribution in [-0.4, -0.2) is 16.7 Å². The molecule has 0 saturated carbocycles. The molecule has 0 radical (unpaired) electrons. The van der Waals surface area contributed by atoms with Crippen molar-refractivity contribution in [3.63, 3.8) is 0 Å². The van der Waals surface area contributed by atoms with Crippen LogP contribution in [0.3, 0.4) is 0 Å². The molecule has 0 aromatic carbocycles. The van der Waals surface area contributed by atoms with Crippen LogP contribution >= 0.6 is 0 Å². The third-order valence-electron chi connectivity index (χ3n) is 3.61. The van der Waals surface area contributed by atoms with Crippen molar-refractivity contribution < 1.29 is 0 Å². The van der Waals surface area contributed by atoms with E-state index in [1.165, 1.54) is 18.4 Å². The number of hydrogen-bond donors (Lipinski definition) is 1. The first-order valence-corrected chi connectivity index (χ1v) is 7.18. The van der Waals surface area contributed by atoms with E-state index < -0.39 is 0 Å². The zero-order chi connectivity index (χ0) is 13.5. The second-order valence-corrected chi connectivity index (χ2v) is 5.03. The van der Waals surface area contributed by atoms with Crippen LogP contribution in [0.2, 0.25) is 0 Å². The van der Waals surface area contributed by atoms with Crippen molar-refractivity contribution in [2.24, 2.45) is 5.92 Å². The maximum Gasteiger partial charge on any atom is 0.0648 e. The zero-order valence-electron chi connectivity index (χ0n) is 12.5. The lowest BCUT2D eigenvalue weighted by Gasteiger charge is -2.28. The Morgan fingerprint density at radius 2 is 1.78 bits per heavy atom. The van der Waals surface area contributed by atoms with E-state index in [1.54, 1.807) is 0 Å². The molecule has 1 unspecified atom stereocenters. The van der Waals surface area contributed by atoms with Crippen molar-refractivity contribution in [3.05, 3.63) is 23.0 Å². The molecule has 1 heterocycles. The highest BCUT2D eigenvalue weighted by Gasteiger charge is 2.22. The summed E-state index contributed by atoms with van der Waals surface area (Å²) in [6.45, 7) is 11.9. The Kier molecular flexibility index (Phi) is 6.27. The van der Waals surface area contributed by atoms with E-state index in [1.807, 2.05) is 6.92 Å². The third kappa shape index (κ3) is 3.77. The van der Waals surface area contributed by atoms with Crippen molar-refractivity contribution in [2.45, 2.75) is 59.9 Å². The van der Waals surface area contributed by atoms with Gasteiger partial charge in [0.15, 0.2) is 0 Å². The average Bonchev–Trinajstić information content (AvgIpc) is 2.38. The molecule has 0 aliphatic carbocycles. The SMILES string of the molecule is CCCNC(c1cc(C)nnc1C)C(CC)CC. The Morgan fingerprint density at radius 1 is 1.11 bits per heavy atom. The molecule has 0 spiro atoms. The number of aryl methyl sites for hydroxylation is 2. The Hall–Kier alpha value is -0.960. The van der Waals surface area contributed by atoms with Crippen LogP contribution in [-0.2, 0) is 0 Å². The molecule has 3 heteroatoms. The Bertz CT molecular complexity index is 359. The van der Waals surface area contributed by atoms with E-state index in [2.05, 4.69) is 49.3 Å². The van der Waals surface area contributed by atoms with Crippen LogP contribution in [0.4, 0.5) is 0 Å². The second-order valence-electron chi connectivity index (χ2n) is 5.03. The Balaban J connectivity index is 3.03. The lowest BCUT2D eigenvalue weighted by atomic mass is 9.88. The number of hydrogen-bond acceptors (Lipinski definition) is 3. The van der Waals surface area contributed by atoms with Crippen molar-refractivity contribution in [2.75, 3.05) is 6.54 Å². The summed E-state index contributed by atoms with van der Waals surface area (Å²) in [4.78, 5) is 0. The number of aromatic nitrogens is 2. The fourth-order valence-corrected chi connectivity index (χ4v) is 2.48. The van der Waals surface area contributed by atoms with E-state index in [9.17, 15) is 0 Å². The minimum atomic E-state index is 0.411. The smallest absolute Gasteiger partial charge is 0.0648 e. The molecule has 1 aromatic rings. The molecule has 0 amide bonds. The fraction of sp³-hybridized carbons (Fsp3) is 0.733. The molecule has 18 heavy (non-hydrogen) atoms. The highest BCUT2D eigenvalue weighted by atomic mass is 15.1. The summed E-state index contributed by atoms with van der Waals surface area (Å²) in [6.07, 6.45) is 3.55. The predicted octanol–water partition coefficient (Wildman–Crippen LogP) is 3.57. The molecule has 0 saturated heterocycles. The van der Waals surface area contributed by atoms with E-state index in [-0.39, 0.29) is 0 Å². The van der Waals surface area contributed by atoms with Gasteiger partial charge in [0.1, 0.15) is 0 Å². The van der Waals surface area contributed by atoms with Crippen LogP contribution in [0.15, 0.2) is 6.07 Å². The molecule has 102 valence electrons. The molecule has 1 rings (SSSR count). The Morgan fingerprint density at radius 3 is 2.33 bits per heavy atom. The molecule has 3 nitrogen and oxygen atoms in total. The van der Waals surface area contributed by atoms with E-state index in [4.69, 9.17) is 0 Å². The molecule has 0 aliphatic rings. The van der Waals surface area contributed by atoms with Gasteiger partial charge in [-0.3, -0.25) is 0 Å². The van der Waals surface area contributed by atoms with Gasteiger partial charge in [-0.15, -0.1) is 0 Å². The summed E-state index contributed by atoms with van der Waals surface area (Å²) in [5.41, 5.74) is 3.38. The van der Waals surface area contributed by atoms with Crippen molar-refractivity contribution in [1.29, 1.82) is 0 Å². The van der Waals surface area contributed by atoms with Crippen molar-refractivity contribution >= 4 is 0 Å². The zero-order valence-corrected chi connectivity index (χ0v) is 12.5. The van der Waals surface area contributed by atoms with Gasteiger partial charge in [0.05, 0.1) is 11.4 Å². The molecular weight excluding hydrogens is 222 g/mol. The first-order valence-electron chi connectivity index (χ1n) is 7.18. The van der Waals surface area contributed by atoms with Crippen LogP contribution in [0.5, 0.6) is 0 Å². The Labute approximate surface area is 111 Å². The molecule has 0 fully saturated rings. The third-order valence-corrected chi connectivity index (χ3v) is 3.61. The van der Waals surface area contributed by atoms with Crippen molar-refractivity contribution in [3.8, 4) is 0 Å². The van der Waals surface area contributed by atoms with Gasteiger partial charge >= 0.3 is 0 Å². The summed E-state index contributed by atoms with van der Waals surface area (Å²) in [5.74, 6) is 0.666. The summed E-state index contributed by atoms with van der Waals surface area (Å²) >= 11 is 0. The number of nitrogens with zero attached hydrogens (tertiary/aromatic N) is 2. The lowest BCUT2D eigenvalue weighted by Crippen LogP contribution is -2.29. The lowest BCUT2D eigenvalue weighted by molar-refractivity contribution is 0.339.